The maximum atomic E-state index is 12.2. The highest BCUT2D eigenvalue weighted by atomic mass is 16.5. The summed E-state index contributed by atoms with van der Waals surface area (Å²) in [6.07, 6.45) is 6.48. The van der Waals surface area contributed by atoms with E-state index in [1.807, 2.05) is 18.2 Å². The number of ketones is 1. The fourth-order valence-corrected chi connectivity index (χ4v) is 3.19. The van der Waals surface area contributed by atoms with E-state index in [4.69, 9.17) is 4.74 Å². The van der Waals surface area contributed by atoms with Crippen molar-refractivity contribution < 1.29 is 29.3 Å². The highest BCUT2D eigenvalue weighted by molar-refractivity contribution is 5.84. The third kappa shape index (κ3) is 7.70. The van der Waals surface area contributed by atoms with Crippen molar-refractivity contribution in [1.82, 2.24) is 0 Å². The second-order valence-corrected chi connectivity index (χ2v) is 6.92. The lowest BCUT2D eigenvalue weighted by atomic mass is 9.90. The van der Waals surface area contributed by atoms with E-state index in [1.165, 1.54) is 7.11 Å². The number of carbonyl (C=O) groups is 2. The zero-order chi connectivity index (χ0) is 21.1. The zero-order valence-corrected chi connectivity index (χ0v) is 16.6. The number of hydrogen-bond acceptors (Lipinski definition) is 6. The third-order valence-corrected chi connectivity index (χ3v) is 4.78. The number of methoxy groups -OCH3 is 1. The van der Waals surface area contributed by atoms with Gasteiger partial charge in [-0.1, -0.05) is 30.4 Å². The molecule has 1 aromatic rings. The quantitative estimate of drug-likeness (QED) is 0.356. The summed E-state index contributed by atoms with van der Waals surface area (Å²) in [4.78, 5) is 23.2. The standard InChI is InChI=1S/C23H28O6/c1-28-23(27)12-8-3-2-7-11-19-20(22(26)15-21(19)25)14-13-17(24)16-29-18-9-5-4-6-10-18/h3-7,9-10,13-14,17,19-20,22,24,26H,8,11-12,15-16H2,1H3/b14-13+/t2?,17-,19+,20-,22-/m0/s1. The number of benzene rings is 1. The van der Waals surface area contributed by atoms with Gasteiger partial charge in [0.05, 0.1) is 13.2 Å². The molecule has 0 aliphatic heterocycles. The molecule has 0 saturated heterocycles. The zero-order valence-electron chi connectivity index (χ0n) is 16.6. The molecule has 156 valence electrons. The molecule has 0 heterocycles. The summed E-state index contributed by atoms with van der Waals surface area (Å²) in [5, 5.41) is 20.3. The first kappa shape index (κ1) is 22.6. The Hall–Kier alpha value is -2.66. The molecule has 0 bridgehead atoms. The summed E-state index contributed by atoms with van der Waals surface area (Å²) in [5.41, 5.74) is 2.97. The molecule has 0 spiro atoms. The number of Topliss-reactive ketones (excluding diaryl/α,β-unsaturated/α-hetero) is 1. The molecule has 0 aromatic heterocycles. The summed E-state index contributed by atoms with van der Waals surface area (Å²) >= 11 is 0. The average molecular weight is 400 g/mol. The van der Waals surface area contributed by atoms with E-state index in [9.17, 15) is 19.8 Å². The van der Waals surface area contributed by atoms with Crippen LogP contribution in [0, 0.1) is 11.8 Å². The minimum absolute atomic E-state index is 0.00483. The SMILES string of the molecule is COC(=O)CCC=C=CC[C@H]1C(=O)C[C@H](O)[C@H]1/C=C/[C@H](O)COc1ccccc1. The van der Waals surface area contributed by atoms with E-state index in [2.05, 4.69) is 10.5 Å². The summed E-state index contributed by atoms with van der Waals surface area (Å²) in [5.74, 6) is -0.336. The lowest BCUT2D eigenvalue weighted by molar-refractivity contribution is -0.140. The number of aliphatic hydroxyl groups excluding tert-OH is 2. The molecule has 4 atom stereocenters. The summed E-state index contributed by atoms with van der Waals surface area (Å²) in [6.45, 7) is 0.0881. The maximum Gasteiger partial charge on any atom is 0.305 e. The Morgan fingerprint density at radius 3 is 2.79 bits per heavy atom. The van der Waals surface area contributed by atoms with Gasteiger partial charge in [-0.05, 0) is 37.1 Å². The van der Waals surface area contributed by atoms with Crippen molar-refractivity contribution >= 4 is 11.8 Å². The van der Waals surface area contributed by atoms with E-state index < -0.39 is 12.2 Å². The van der Waals surface area contributed by atoms with Gasteiger partial charge in [0, 0.05) is 24.7 Å². The molecule has 2 N–H and O–H groups in total. The van der Waals surface area contributed by atoms with Crippen molar-refractivity contribution in [2.24, 2.45) is 11.8 Å². The normalized spacial score (nSPS) is 22.2. The third-order valence-electron chi connectivity index (χ3n) is 4.78. The molecule has 6 nitrogen and oxygen atoms in total. The van der Waals surface area contributed by atoms with Crippen LogP contribution in [0.2, 0.25) is 0 Å². The number of rotatable bonds is 10. The largest absolute Gasteiger partial charge is 0.491 e. The second kappa shape index (κ2) is 12.0. The first-order chi connectivity index (χ1) is 14.0. The molecule has 6 heteroatoms. The van der Waals surface area contributed by atoms with Crippen LogP contribution in [-0.2, 0) is 14.3 Å². The van der Waals surface area contributed by atoms with E-state index in [-0.39, 0.29) is 43.0 Å². The van der Waals surface area contributed by atoms with Crippen LogP contribution in [0.5, 0.6) is 5.75 Å². The molecule has 1 saturated carbocycles. The number of aliphatic hydroxyl groups is 2. The van der Waals surface area contributed by atoms with E-state index in [0.29, 0.717) is 18.6 Å². The van der Waals surface area contributed by atoms with Gasteiger partial charge in [-0.15, -0.1) is 5.73 Å². The van der Waals surface area contributed by atoms with Crippen LogP contribution >= 0.6 is 0 Å². The van der Waals surface area contributed by atoms with Crippen molar-refractivity contribution in [2.75, 3.05) is 13.7 Å². The Morgan fingerprint density at radius 2 is 2.07 bits per heavy atom. The molecule has 1 fully saturated rings. The first-order valence-electron chi connectivity index (χ1n) is 9.72. The van der Waals surface area contributed by atoms with Gasteiger partial charge in [0.1, 0.15) is 24.2 Å². The fourth-order valence-electron chi connectivity index (χ4n) is 3.19. The number of hydrogen-bond donors (Lipinski definition) is 2. The van der Waals surface area contributed by atoms with E-state index >= 15 is 0 Å². The Kier molecular flexibility index (Phi) is 9.38. The predicted molar refractivity (Wildman–Crippen MR) is 108 cm³/mol. The minimum atomic E-state index is -0.840. The molecule has 1 aromatic carbocycles. The first-order valence-corrected chi connectivity index (χ1v) is 9.72. The van der Waals surface area contributed by atoms with Crippen LogP contribution in [0.4, 0.5) is 0 Å². The Labute approximate surface area is 171 Å². The molecule has 0 unspecified atom stereocenters. The van der Waals surface area contributed by atoms with Crippen LogP contribution in [0.15, 0.2) is 60.4 Å². The number of ether oxygens (including phenoxy) is 2. The number of esters is 1. The molecular weight excluding hydrogens is 372 g/mol. The number of carbonyl (C=O) groups excluding carboxylic acids is 2. The van der Waals surface area contributed by atoms with E-state index in [0.717, 1.165) is 0 Å². The van der Waals surface area contributed by atoms with Crippen LogP contribution in [0.3, 0.4) is 0 Å². The molecule has 0 radical (unpaired) electrons. The van der Waals surface area contributed by atoms with Crippen molar-refractivity contribution in [2.45, 2.75) is 37.9 Å². The molecule has 0 amide bonds. The van der Waals surface area contributed by atoms with Gasteiger partial charge in [-0.25, -0.2) is 0 Å². The topological polar surface area (TPSA) is 93.1 Å². The van der Waals surface area contributed by atoms with Crippen molar-refractivity contribution in [3.05, 3.63) is 60.4 Å². The van der Waals surface area contributed by atoms with Crippen molar-refractivity contribution in [3.63, 3.8) is 0 Å². The van der Waals surface area contributed by atoms with Gasteiger partial charge in [0.2, 0.25) is 0 Å². The molecule has 1 aliphatic rings. The minimum Gasteiger partial charge on any atom is -0.491 e. The molecule has 29 heavy (non-hydrogen) atoms. The molecule has 2 rings (SSSR count). The van der Waals surface area contributed by atoms with Crippen LogP contribution < -0.4 is 4.74 Å². The molecule has 1 aliphatic carbocycles. The van der Waals surface area contributed by atoms with Crippen molar-refractivity contribution in [3.8, 4) is 5.75 Å². The number of allylic oxidation sites excluding steroid dienone is 1. The van der Waals surface area contributed by atoms with E-state index in [1.54, 1.807) is 36.4 Å². The van der Waals surface area contributed by atoms with Crippen LogP contribution in [-0.4, -0.2) is 47.9 Å². The van der Waals surface area contributed by atoms with Gasteiger partial charge in [0.25, 0.3) is 0 Å². The highest BCUT2D eigenvalue weighted by Crippen LogP contribution is 2.33. The van der Waals surface area contributed by atoms with Gasteiger partial charge in [-0.2, -0.15) is 0 Å². The number of para-hydroxylation sites is 1. The molecular formula is C23H28O6. The van der Waals surface area contributed by atoms with Crippen molar-refractivity contribution in [1.29, 1.82) is 0 Å². The predicted octanol–water partition coefficient (Wildman–Crippen LogP) is 2.60. The smallest absolute Gasteiger partial charge is 0.305 e. The Balaban J connectivity index is 1.86. The van der Waals surface area contributed by atoms with Gasteiger partial charge in [-0.3, -0.25) is 9.59 Å². The lowest BCUT2D eigenvalue weighted by Crippen LogP contribution is -2.20. The summed E-state index contributed by atoms with van der Waals surface area (Å²) in [7, 11) is 1.34. The second-order valence-electron chi connectivity index (χ2n) is 6.92. The summed E-state index contributed by atoms with van der Waals surface area (Å²) in [6, 6.07) is 9.18. The maximum absolute atomic E-state index is 12.2. The van der Waals surface area contributed by atoms with Gasteiger partial charge < -0.3 is 19.7 Å². The Morgan fingerprint density at radius 1 is 1.31 bits per heavy atom. The fraction of sp³-hybridized carbons (Fsp3) is 0.435. The average Bonchev–Trinajstić information content (AvgIpc) is 3.00. The van der Waals surface area contributed by atoms with Gasteiger partial charge >= 0.3 is 5.97 Å². The Bertz CT molecular complexity index is 748. The van der Waals surface area contributed by atoms with Gasteiger partial charge in [0.15, 0.2) is 0 Å². The monoisotopic (exact) mass is 400 g/mol. The van der Waals surface area contributed by atoms with Crippen LogP contribution in [0.25, 0.3) is 0 Å². The van der Waals surface area contributed by atoms with Crippen LogP contribution in [0.1, 0.15) is 25.7 Å². The highest BCUT2D eigenvalue weighted by Gasteiger charge is 2.39. The summed E-state index contributed by atoms with van der Waals surface area (Å²) < 4.78 is 10.1. The lowest BCUT2D eigenvalue weighted by Gasteiger charge is -2.16.